The standard InChI is InChI=1S/C57H100O9/c1-3-5-7-9-11-13-15-17-19-21-23-25-27-29-31-33-35-37-39-41-43-45-47-63-49-51(50-64-57-56(62)55(61)54(60)52(48-58)66-57)65-53(59)46-44-42-40-38-36-34-32-30-28-26-24-22-20-18-16-14-12-10-8-6-4-2/h5,7,11,13,17,19,23,25,29,31,35,37,51-52,54-58,60-62H,3-4,6,8-10,12,14-16,18,20-22,24,26-28,30,32-34,36,38-50H2,1-2H3/b7-5-,13-11-,19-17-,25-23-,31-29-,37-35-. The molecule has 1 aliphatic rings. The van der Waals surface area contributed by atoms with Gasteiger partial charge in [-0.2, -0.15) is 0 Å². The monoisotopic (exact) mass is 929 g/mol. The SMILES string of the molecule is CC/C=C\C/C=C\C/C=C\C/C=C\C/C=C\C/C=C\CCCCCOCC(COC1OC(CO)C(O)C(O)C1O)OC(=O)CCCCCCCCCCCCCCCCCCCCCCC. The molecule has 1 heterocycles. The van der Waals surface area contributed by atoms with Crippen LogP contribution in [0.2, 0.25) is 0 Å². The van der Waals surface area contributed by atoms with Gasteiger partial charge in [0.2, 0.25) is 0 Å². The molecule has 1 fully saturated rings. The van der Waals surface area contributed by atoms with E-state index >= 15 is 0 Å². The van der Waals surface area contributed by atoms with Crippen molar-refractivity contribution in [1.82, 2.24) is 0 Å². The van der Waals surface area contributed by atoms with Gasteiger partial charge in [0.1, 0.15) is 30.5 Å². The summed E-state index contributed by atoms with van der Waals surface area (Å²) < 4.78 is 22.9. The minimum absolute atomic E-state index is 0.121. The summed E-state index contributed by atoms with van der Waals surface area (Å²) in [7, 11) is 0. The van der Waals surface area contributed by atoms with Crippen LogP contribution in [0.3, 0.4) is 0 Å². The van der Waals surface area contributed by atoms with Gasteiger partial charge < -0.3 is 39.4 Å². The van der Waals surface area contributed by atoms with Crippen molar-refractivity contribution in [2.75, 3.05) is 26.4 Å². The Morgan fingerprint density at radius 2 is 0.924 bits per heavy atom. The minimum atomic E-state index is -1.55. The molecule has 382 valence electrons. The van der Waals surface area contributed by atoms with Crippen LogP contribution in [0.5, 0.6) is 0 Å². The topological polar surface area (TPSA) is 135 Å². The largest absolute Gasteiger partial charge is 0.457 e. The van der Waals surface area contributed by atoms with Crippen molar-refractivity contribution in [3.8, 4) is 0 Å². The number of allylic oxidation sites excluding steroid dienone is 12. The van der Waals surface area contributed by atoms with E-state index in [0.717, 1.165) is 83.5 Å². The van der Waals surface area contributed by atoms with E-state index in [9.17, 15) is 25.2 Å². The van der Waals surface area contributed by atoms with E-state index in [1.807, 2.05) is 0 Å². The summed E-state index contributed by atoms with van der Waals surface area (Å²) in [5.41, 5.74) is 0. The van der Waals surface area contributed by atoms with Gasteiger partial charge in [-0.1, -0.05) is 222 Å². The Morgan fingerprint density at radius 1 is 0.500 bits per heavy atom. The fourth-order valence-electron chi connectivity index (χ4n) is 7.97. The van der Waals surface area contributed by atoms with Crippen molar-refractivity contribution in [2.24, 2.45) is 0 Å². The van der Waals surface area contributed by atoms with Crippen molar-refractivity contribution in [1.29, 1.82) is 0 Å². The first kappa shape index (κ1) is 61.6. The Bertz CT molecular complexity index is 1240. The summed E-state index contributed by atoms with van der Waals surface area (Å²) in [6.45, 7) is 4.39. The number of unbranched alkanes of at least 4 members (excludes halogenated alkanes) is 23. The van der Waals surface area contributed by atoms with E-state index in [0.29, 0.717) is 13.0 Å². The van der Waals surface area contributed by atoms with Gasteiger partial charge in [-0.15, -0.1) is 0 Å². The molecule has 0 bridgehead atoms. The summed E-state index contributed by atoms with van der Waals surface area (Å²) in [6, 6.07) is 0. The highest BCUT2D eigenvalue weighted by Crippen LogP contribution is 2.23. The zero-order valence-corrected chi connectivity index (χ0v) is 42.2. The van der Waals surface area contributed by atoms with Gasteiger partial charge >= 0.3 is 5.97 Å². The number of hydrogen-bond acceptors (Lipinski definition) is 9. The van der Waals surface area contributed by atoms with Gasteiger partial charge in [-0.25, -0.2) is 0 Å². The molecule has 0 saturated carbocycles. The zero-order valence-electron chi connectivity index (χ0n) is 42.2. The molecule has 0 aromatic rings. The highest BCUT2D eigenvalue weighted by Gasteiger charge is 2.44. The third-order valence-corrected chi connectivity index (χ3v) is 12.1. The quantitative estimate of drug-likeness (QED) is 0.0267. The Morgan fingerprint density at radius 3 is 1.38 bits per heavy atom. The molecule has 66 heavy (non-hydrogen) atoms. The molecule has 1 saturated heterocycles. The maximum Gasteiger partial charge on any atom is 0.306 e. The number of esters is 1. The molecule has 0 amide bonds. The second-order valence-corrected chi connectivity index (χ2v) is 18.3. The van der Waals surface area contributed by atoms with E-state index in [2.05, 4.69) is 86.8 Å². The summed E-state index contributed by atoms with van der Waals surface area (Å²) >= 11 is 0. The second-order valence-electron chi connectivity index (χ2n) is 18.3. The van der Waals surface area contributed by atoms with Gasteiger partial charge in [0.05, 0.1) is 19.8 Å². The molecule has 1 aliphatic heterocycles. The van der Waals surface area contributed by atoms with Crippen molar-refractivity contribution >= 4 is 5.97 Å². The highest BCUT2D eigenvalue weighted by atomic mass is 16.7. The summed E-state index contributed by atoms with van der Waals surface area (Å²) in [5, 5.41) is 40.3. The Hall–Kier alpha value is -2.37. The van der Waals surface area contributed by atoms with Gasteiger partial charge in [0.15, 0.2) is 6.29 Å². The van der Waals surface area contributed by atoms with E-state index in [1.165, 1.54) is 116 Å². The molecule has 9 nitrogen and oxygen atoms in total. The smallest absolute Gasteiger partial charge is 0.306 e. The van der Waals surface area contributed by atoms with Gasteiger partial charge in [0.25, 0.3) is 0 Å². The number of carbonyl (C=O) groups excluding carboxylic acids is 1. The molecule has 0 aromatic heterocycles. The fourth-order valence-corrected chi connectivity index (χ4v) is 7.97. The highest BCUT2D eigenvalue weighted by molar-refractivity contribution is 5.69. The molecule has 4 N–H and O–H groups in total. The molecule has 1 rings (SSSR count). The van der Waals surface area contributed by atoms with Crippen molar-refractivity contribution < 1.29 is 44.2 Å². The van der Waals surface area contributed by atoms with Crippen LogP contribution in [-0.4, -0.2) is 89.6 Å². The van der Waals surface area contributed by atoms with Gasteiger partial charge in [-0.3, -0.25) is 4.79 Å². The number of rotatable bonds is 46. The van der Waals surface area contributed by atoms with Crippen molar-refractivity contribution in [2.45, 2.75) is 256 Å². The molecule has 6 unspecified atom stereocenters. The first-order valence-electron chi connectivity index (χ1n) is 27.0. The summed E-state index contributed by atoms with van der Waals surface area (Å²) in [5.74, 6) is -0.324. The molecular weight excluding hydrogens is 829 g/mol. The number of hydrogen-bond donors (Lipinski definition) is 4. The van der Waals surface area contributed by atoms with Crippen LogP contribution in [0.15, 0.2) is 72.9 Å². The number of aliphatic hydroxyl groups excluding tert-OH is 4. The Balaban J connectivity index is 2.22. The lowest BCUT2D eigenvalue weighted by Crippen LogP contribution is -2.59. The summed E-state index contributed by atoms with van der Waals surface area (Å²) in [6.07, 6.45) is 56.6. The average Bonchev–Trinajstić information content (AvgIpc) is 3.32. The molecular formula is C57H100O9. The fraction of sp³-hybridized carbons (Fsp3) is 0.772. The predicted octanol–water partition coefficient (Wildman–Crippen LogP) is 13.6. The third kappa shape index (κ3) is 37.6. The van der Waals surface area contributed by atoms with Crippen LogP contribution in [0.4, 0.5) is 0 Å². The number of aliphatic hydroxyl groups is 4. The molecule has 6 atom stereocenters. The normalized spacial score (nSPS) is 19.9. The van der Waals surface area contributed by atoms with Crippen LogP contribution in [0.25, 0.3) is 0 Å². The average molecular weight is 929 g/mol. The van der Waals surface area contributed by atoms with Crippen molar-refractivity contribution in [3.63, 3.8) is 0 Å². The van der Waals surface area contributed by atoms with Crippen LogP contribution in [-0.2, 0) is 23.7 Å². The van der Waals surface area contributed by atoms with Crippen LogP contribution in [0, 0.1) is 0 Å². The Kier molecular flexibility index (Phi) is 44.5. The zero-order chi connectivity index (χ0) is 47.8. The van der Waals surface area contributed by atoms with E-state index < -0.39 is 43.4 Å². The Labute approximate surface area is 404 Å². The van der Waals surface area contributed by atoms with Gasteiger partial charge in [0, 0.05) is 13.0 Å². The number of ether oxygens (including phenoxy) is 4. The molecule has 0 aliphatic carbocycles. The molecule has 0 aromatic carbocycles. The van der Waals surface area contributed by atoms with E-state index in [-0.39, 0.29) is 19.2 Å². The lowest BCUT2D eigenvalue weighted by Gasteiger charge is -2.39. The maximum atomic E-state index is 12.9. The van der Waals surface area contributed by atoms with E-state index in [4.69, 9.17) is 18.9 Å². The first-order chi connectivity index (χ1) is 32.4. The van der Waals surface area contributed by atoms with Gasteiger partial charge in [-0.05, 0) is 64.2 Å². The lowest BCUT2D eigenvalue weighted by molar-refractivity contribution is -0.305. The summed E-state index contributed by atoms with van der Waals surface area (Å²) in [4.78, 5) is 12.9. The predicted molar refractivity (Wildman–Crippen MR) is 274 cm³/mol. The first-order valence-corrected chi connectivity index (χ1v) is 27.0. The lowest BCUT2D eigenvalue weighted by atomic mass is 9.99. The van der Waals surface area contributed by atoms with Crippen LogP contribution < -0.4 is 0 Å². The second kappa shape index (κ2) is 47.7. The number of carbonyl (C=O) groups is 1. The van der Waals surface area contributed by atoms with Crippen LogP contribution >= 0.6 is 0 Å². The third-order valence-electron chi connectivity index (χ3n) is 12.1. The van der Waals surface area contributed by atoms with Crippen LogP contribution in [0.1, 0.15) is 219 Å². The molecule has 9 heteroatoms. The van der Waals surface area contributed by atoms with E-state index in [1.54, 1.807) is 0 Å². The van der Waals surface area contributed by atoms with Crippen molar-refractivity contribution in [3.05, 3.63) is 72.9 Å². The molecule has 0 radical (unpaired) electrons. The maximum absolute atomic E-state index is 12.9. The minimum Gasteiger partial charge on any atom is -0.457 e. The molecule has 0 spiro atoms.